The fraction of sp³-hybridized carbons (Fsp3) is 0.800. The van der Waals surface area contributed by atoms with E-state index in [1.165, 1.54) is 11.8 Å². The minimum Gasteiger partial charge on any atom is -0.444 e. The van der Waals surface area contributed by atoms with E-state index < -0.39 is 5.60 Å². The zero-order valence-electron chi connectivity index (χ0n) is 9.15. The van der Waals surface area contributed by atoms with E-state index in [-0.39, 0.29) is 22.5 Å². The van der Waals surface area contributed by atoms with Gasteiger partial charge in [-0.05, 0) is 27.2 Å². The summed E-state index contributed by atoms with van der Waals surface area (Å²) in [6.45, 7) is 6.14. The molecular weight excluding hydrogens is 214 g/mol. The Morgan fingerprint density at radius 3 is 2.67 bits per heavy atom. The highest BCUT2D eigenvalue weighted by molar-refractivity contribution is 8.14. The van der Waals surface area contributed by atoms with Gasteiger partial charge in [-0.1, -0.05) is 11.8 Å². The van der Waals surface area contributed by atoms with Gasteiger partial charge < -0.3 is 4.74 Å². The minimum absolute atomic E-state index is 0.108. The normalized spacial score (nSPS) is 29.8. The van der Waals surface area contributed by atoms with Gasteiger partial charge in [0.25, 0.3) is 0 Å². The highest BCUT2D eigenvalue weighted by Gasteiger charge is 2.48. The summed E-state index contributed by atoms with van der Waals surface area (Å²) in [5.74, 6) is 0. The van der Waals surface area contributed by atoms with Gasteiger partial charge >= 0.3 is 6.09 Å². The van der Waals surface area contributed by atoms with E-state index in [0.717, 1.165) is 6.42 Å². The number of carbonyl (C=O) groups excluding carboxylic acids is 2. The summed E-state index contributed by atoms with van der Waals surface area (Å²) < 4.78 is 5.25. The number of likely N-dealkylation sites (tertiary alicyclic amines) is 1. The van der Waals surface area contributed by atoms with Gasteiger partial charge in [0, 0.05) is 11.8 Å². The van der Waals surface area contributed by atoms with Gasteiger partial charge in [-0.25, -0.2) is 4.79 Å². The molecule has 0 unspecified atom stereocenters. The Morgan fingerprint density at radius 2 is 2.20 bits per heavy atom. The number of hydrogen-bond donors (Lipinski definition) is 0. The molecule has 2 aliphatic heterocycles. The molecule has 4 nitrogen and oxygen atoms in total. The van der Waals surface area contributed by atoms with Gasteiger partial charge in [0.15, 0.2) is 0 Å². The zero-order valence-corrected chi connectivity index (χ0v) is 9.97. The maximum absolute atomic E-state index is 11.7. The molecule has 0 aromatic carbocycles. The van der Waals surface area contributed by atoms with Crippen LogP contribution < -0.4 is 0 Å². The first-order valence-corrected chi connectivity index (χ1v) is 5.95. The second-order valence-electron chi connectivity index (χ2n) is 4.94. The summed E-state index contributed by atoms with van der Waals surface area (Å²) >= 11 is 1.37. The number of rotatable bonds is 0. The molecule has 2 fully saturated rings. The van der Waals surface area contributed by atoms with Crippen molar-refractivity contribution in [2.24, 2.45) is 0 Å². The lowest BCUT2D eigenvalue weighted by Gasteiger charge is -2.29. The van der Waals surface area contributed by atoms with E-state index in [9.17, 15) is 9.59 Å². The van der Waals surface area contributed by atoms with Crippen LogP contribution in [0.2, 0.25) is 0 Å². The third-order valence-electron chi connectivity index (χ3n) is 2.45. The summed E-state index contributed by atoms with van der Waals surface area (Å²) in [4.78, 5) is 24.7. The molecule has 2 aliphatic rings. The largest absolute Gasteiger partial charge is 0.444 e. The van der Waals surface area contributed by atoms with Crippen molar-refractivity contribution in [1.29, 1.82) is 0 Å². The first-order chi connectivity index (χ1) is 6.87. The first kappa shape index (κ1) is 10.8. The molecule has 2 atom stereocenters. The molecule has 2 heterocycles. The predicted octanol–water partition coefficient (Wildman–Crippen LogP) is 1.64. The third kappa shape index (κ3) is 2.12. The number of fused-ring (bicyclic) bond motifs is 2. The van der Waals surface area contributed by atoms with E-state index in [0.29, 0.717) is 6.54 Å². The van der Waals surface area contributed by atoms with Crippen LogP contribution in [0.5, 0.6) is 0 Å². The molecule has 0 saturated carbocycles. The van der Waals surface area contributed by atoms with Crippen molar-refractivity contribution < 1.29 is 14.3 Å². The van der Waals surface area contributed by atoms with Crippen LogP contribution in [0, 0.1) is 0 Å². The third-order valence-corrected chi connectivity index (χ3v) is 3.62. The van der Waals surface area contributed by atoms with Crippen molar-refractivity contribution in [2.75, 3.05) is 6.54 Å². The molecule has 5 heteroatoms. The van der Waals surface area contributed by atoms with Crippen molar-refractivity contribution in [3.05, 3.63) is 0 Å². The fourth-order valence-electron chi connectivity index (χ4n) is 1.87. The molecule has 0 aromatic rings. The van der Waals surface area contributed by atoms with E-state index in [2.05, 4.69) is 0 Å². The summed E-state index contributed by atoms with van der Waals surface area (Å²) in [7, 11) is 0. The highest BCUT2D eigenvalue weighted by atomic mass is 32.2. The van der Waals surface area contributed by atoms with Crippen LogP contribution in [0.4, 0.5) is 4.79 Å². The van der Waals surface area contributed by atoms with E-state index in [1.54, 1.807) is 4.90 Å². The number of ether oxygens (including phenoxy) is 1. The molecule has 0 radical (unpaired) electrons. The average Bonchev–Trinajstić information content (AvgIpc) is 2.58. The van der Waals surface area contributed by atoms with Gasteiger partial charge in [0.2, 0.25) is 5.12 Å². The molecule has 1 amide bonds. The standard InChI is InChI=1S/C10H15NO3S/c1-10(2,3)14-9(13)11-5-6-4-7(11)8(12)15-6/h6-7H,4-5H2,1-3H3/t6-,7-/m1/s1. The van der Waals surface area contributed by atoms with Crippen molar-refractivity contribution in [1.82, 2.24) is 4.90 Å². The van der Waals surface area contributed by atoms with Crippen LogP contribution >= 0.6 is 11.8 Å². The van der Waals surface area contributed by atoms with E-state index in [4.69, 9.17) is 4.74 Å². The van der Waals surface area contributed by atoms with Crippen molar-refractivity contribution in [3.63, 3.8) is 0 Å². The average molecular weight is 229 g/mol. The van der Waals surface area contributed by atoms with Crippen molar-refractivity contribution in [3.8, 4) is 0 Å². The molecule has 2 rings (SSSR count). The lowest BCUT2D eigenvalue weighted by atomic mass is 10.2. The number of amides is 1. The Labute approximate surface area is 93.3 Å². The SMILES string of the molecule is CC(C)(C)OC(=O)N1C[C@H]2C[C@@H]1C(=O)S2. The van der Waals surface area contributed by atoms with Crippen LogP contribution in [0.1, 0.15) is 27.2 Å². The zero-order chi connectivity index (χ0) is 11.2. The van der Waals surface area contributed by atoms with Gasteiger partial charge in [-0.3, -0.25) is 9.69 Å². The molecule has 0 spiro atoms. The molecule has 0 aromatic heterocycles. The van der Waals surface area contributed by atoms with Gasteiger partial charge in [-0.2, -0.15) is 0 Å². The smallest absolute Gasteiger partial charge is 0.410 e. The van der Waals surface area contributed by atoms with Gasteiger partial charge in [0.05, 0.1) is 0 Å². The first-order valence-electron chi connectivity index (χ1n) is 5.07. The number of thioether (sulfide) groups is 1. The number of hydrogen-bond acceptors (Lipinski definition) is 4. The monoisotopic (exact) mass is 229 g/mol. The van der Waals surface area contributed by atoms with Crippen LogP contribution in [-0.4, -0.2) is 39.5 Å². The van der Waals surface area contributed by atoms with Crippen molar-refractivity contribution in [2.45, 2.75) is 44.1 Å². The maximum atomic E-state index is 11.7. The quantitative estimate of drug-likeness (QED) is 0.633. The number of carbonyl (C=O) groups is 2. The van der Waals surface area contributed by atoms with Crippen LogP contribution in [0.3, 0.4) is 0 Å². The Kier molecular flexibility index (Phi) is 2.45. The second-order valence-corrected chi connectivity index (χ2v) is 6.25. The molecule has 84 valence electrons. The molecule has 2 bridgehead atoms. The topological polar surface area (TPSA) is 46.6 Å². The van der Waals surface area contributed by atoms with Crippen LogP contribution in [0.25, 0.3) is 0 Å². The Hall–Kier alpha value is -0.710. The molecular formula is C10H15NO3S. The highest BCUT2D eigenvalue weighted by Crippen LogP contribution is 2.39. The van der Waals surface area contributed by atoms with Crippen LogP contribution in [0.15, 0.2) is 0 Å². The summed E-state index contributed by atoms with van der Waals surface area (Å²) in [5, 5.41) is 0.395. The molecule has 2 saturated heterocycles. The summed E-state index contributed by atoms with van der Waals surface area (Å²) in [6.07, 6.45) is 0.437. The minimum atomic E-state index is -0.491. The number of nitrogens with zero attached hydrogens (tertiary/aromatic N) is 1. The summed E-state index contributed by atoms with van der Waals surface area (Å²) in [5.41, 5.74) is -0.491. The molecule has 0 N–H and O–H groups in total. The Bertz CT molecular complexity index is 310. The Morgan fingerprint density at radius 1 is 1.53 bits per heavy atom. The van der Waals surface area contributed by atoms with Gasteiger partial charge in [-0.15, -0.1) is 0 Å². The predicted molar refractivity (Wildman–Crippen MR) is 57.7 cm³/mol. The van der Waals surface area contributed by atoms with Crippen molar-refractivity contribution >= 4 is 23.0 Å². The van der Waals surface area contributed by atoms with E-state index in [1.807, 2.05) is 20.8 Å². The Balaban J connectivity index is 2.01. The lowest BCUT2D eigenvalue weighted by Crippen LogP contribution is -2.44. The molecule has 0 aliphatic carbocycles. The van der Waals surface area contributed by atoms with E-state index >= 15 is 0 Å². The maximum Gasteiger partial charge on any atom is 0.410 e. The van der Waals surface area contributed by atoms with Gasteiger partial charge in [0.1, 0.15) is 11.6 Å². The van der Waals surface area contributed by atoms with Crippen LogP contribution in [-0.2, 0) is 9.53 Å². The lowest BCUT2D eigenvalue weighted by molar-refractivity contribution is -0.114. The summed E-state index contributed by atoms with van der Waals surface area (Å²) in [6, 6.07) is -0.241. The second kappa shape index (κ2) is 3.40. The fourth-order valence-corrected chi connectivity index (χ4v) is 3.09. The molecule has 15 heavy (non-hydrogen) atoms.